The first kappa shape index (κ1) is 27.9. The van der Waals surface area contributed by atoms with Crippen LogP contribution in [0.4, 0.5) is 0 Å². The van der Waals surface area contributed by atoms with Gasteiger partial charge in [-0.1, -0.05) is 26.0 Å². The number of methoxy groups -OCH3 is 1. The lowest BCUT2D eigenvalue weighted by atomic mass is 9.51. The number of cyclic esters (lactones) is 1. The fourth-order valence-corrected chi connectivity index (χ4v) is 9.82. The van der Waals surface area contributed by atoms with Crippen molar-refractivity contribution in [3.05, 3.63) is 23.8 Å². The van der Waals surface area contributed by atoms with Crippen LogP contribution in [0.2, 0.25) is 0 Å². The second-order valence-corrected chi connectivity index (χ2v) is 13.8. The summed E-state index contributed by atoms with van der Waals surface area (Å²) in [6.07, 6.45) is 4.83. The van der Waals surface area contributed by atoms with E-state index in [-0.39, 0.29) is 29.3 Å². The molecule has 2 heterocycles. The quantitative estimate of drug-likeness (QED) is 0.280. The van der Waals surface area contributed by atoms with Crippen molar-refractivity contribution in [2.24, 2.45) is 34.5 Å². The molecule has 0 amide bonds. The van der Waals surface area contributed by atoms with Gasteiger partial charge in [-0.05, 0) is 87.0 Å². The molecule has 3 N–H and O–H groups in total. The highest BCUT2D eigenvalue weighted by molar-refractivity contribution is 5.85. The SMILES string of the molecule is C=C1[C@@H](C2=CC(=O)OC2)CC[C@]2(O)[C@@H]3CC[C@@H]4C[C@@H](O[C@@H]5O[C@@H](C)[C@H](O)[C@@H](OC)[C@@H]5O)CC[C@]4(C)[C@H]3C[C@]12C. The van der Waals surface area contributed by atoms with E-state index in [0.29, 0.717) is 18.4 Å². The highest BCUT2D eigenvalue weighted by atomic mass is 16.7. The Morgan fingerprint density at radius 3 is 2.54 bits per heavy atom. The maximum atomic E-state index is 12.4. The molecule has 2 aliphatic heterocycles. The molecule has 0 aromatic heterocycles. The molecule has 0 aromatic rings. The fourth-order valence-electron chi connectivity index (χ4n) is 9.82. The highest BCUT2D eigenvalue weighted by Gasteiger charge is 2.69. The van der Waals surface area contributed by atoms with E-state index in [0.717, 1.165) is 62.5 Å². The molecule has 8 nitrogen and oxygen atoms in total. The van der Waals surface area contributed by atoms with Crippen LogP contribution in [0.3, 0.4) is 0 Å². The van der Waals surface area contributed by atoms with Crippen LogP contribution >= 0.6 is 0 Å². The van der Waals surface area contributed by atoms with Crippen molar-refractivity contribution >= 4 is 5.97 Å². The average Bonchev–Trinajstić information content (AvgIpc) is 3.43. The largest absolute Gasteiger partial charge is 0.458 e. The van der Waals surface area contributed by atoms with Crippen molar-refractivity contribution in [3.63, 3.8) is 0 Å². The Labute approximate surface area is 231 Å². The zero-order valence-electron chi connectivity index (χ0n) is 23.8. The lowest BCUT2D eigenvalue weighted by molar-refractivity contribution is -0.312. The van der Waals surface area contributed by atoms with E-state index in [2.05, 4.69) is 20.4 Å². The van der Waals surface area contributed by atoms with E-state index in [1.165, 1.54) is 7.11 Å². The van der Waals surface area contributed by atoms with Gasteiger partial charge < -0.3 is 34.3 Å². The van der Waals surface area contributed by atoms with Crippen LogP contribution < -0.4 is 0 Å². The maximum absolute atomic E-state index is 12.4. The van der Waals surface area contributed by atoms with E-state index in [1.807, 2.05) is 0 Å². The molecule has 0 bridgehead atoms. The number of carbonyl (C=O) groups is 1. The van der Waals surface area contributed by atoms with Crippen molar-refractivity contribution < 1.29 is 39.1 Å². The summed E-state index contributed by atoms with van der Waals surface area (Å²) < 4.78 is 22.8. The van der Waals surface area contributed by atoms with E-state index in [9.17, 15) is 20.1 Å². The zero-order chi connectivity index (χ0) is 27.9. The second kappa shape index (κ2) is 9.63. The maximum Gasteiger partial charge on any atom is 0.331 e. The summed E-state index contributed by atoms with van der Waals surface area (Å²) in [4.78, 5) is 11.8. The normalized spacial score (nSPS) is 53.5. The summed E-state index contributed by atoms with van der Waals surface area (Å²) in [5.74, 6) is 0.908. The van der Waals surface area contributed by atoms with Crippen molar-refractivity contribution in [1.82, 2.24) is 0 Å². The number of hydrogen-bond donors (Lipinski definition) is 3. The number of rotatable bonds is 4. The van der Waals surface area contributed by atoms with Gasteiger partial charge in [0.2, 0.25) is 0 Å². The Kier molecular flexibility index (Phi) is 6.88. The summed E-state index contributed by atoms with van der Waals surface area (Å²) in [6.45, 7) is 11.3. The number of aliphatic hydroxyl groups is 3. The first-order valence-corrected chi connectivity index (χ1v) is 14.9. The molecule has 5 fully saturated rings. The molecular formula is C31H46O8. The number of hydrogen-bond acceptors (Lipinski definition) is 8. The van der Waals surface area contributed by atoms with Gasteiger partial charge in [-0.15, -0.1) is 0 Å². The summed E-state index contributed by atoms with van der Waals surface area (Å²) in [6, 6.07) is 0. The first-order valence-electron chi connectivity index (χ1n) is 14.9. The first-order chi connectivity index (χ1) is 18.4. The standard InChI is InChI=1S/C31H46O8/c1-16-21(18-12-24(32)37-15-18)9-11-31(35)22-7-6-19-13-20(8-10-29(19,3)23(22)14-30(16,31)4)39-28-26(34)27(36-5)25(33)17(2)38-28/h12,17,19-23,25-28,33-35H,1,6-11,13-15H2,2-5H3/t17-,19+,20-,21-,22+,23-,25-,26-,27+,28-,29-,30+,31-/m0/s1. The van der Waals surface area contributed by atoms with Crippen molar-refractivity contribution in [3.8, 4) is 0 Å². The third-order valence-electron chi connectivity index (χ3n) is 12.3. The van der Waals surface area contributed by atoms with Gasteiger partial charge >= 0.3 is 5.97 Å². The molecule has 4 aliphatic carbocycles. The summed E-state index contributed by atoms with van der Waals surface area (Å²) in [7, 11) is 1.49. The predicted octanol–water partition coefficient (Wildman–Crippen LogP) is 3.28. The third-order valence-corrected chi connectivity index (χ3v) is 12.3. The molecule has 8 heteroatoms. The number of aliphatic hydroxyl groups excluding tert-OH is 2. The Balaban J connectivity index is 1.18. The molecule has 6 rings (SSSR count). The highest BCUT2D eigenvalue weighted by Crippen LogP contribution is 2.71. The van der Waals surface area contributed by atoms with E-state index < -0.39 is 41.7 Å². The van der Waals surface area contributed by atoms with Gasteiger partial charge in [0.15, 0.2) is 6.29 Å². The molecule has 0 aromatic carbocycles. The van der Waals surface area contributed by atoms with Gasteiger partial charge in [-0.25, -0.2) is 4.79 Å². The van der Waals surface area contributed by atoms with Crippen LogP contribution in [0.1, 0.15) is 72.1 Å². The van der Waals surface area contributed by atoms with Crippen LogP contribution in [-0.4, -0.2) is 77.4 Å². The molecule has 1 saturated heterocycles. The lowest BCUT2D eigenvalue weighted by Crippen LogP contribution is -2.59. The minimum atomic E-state index is -1.05. The van der Waals surface area contributed by atoms with Crippen LogP contribution in [0.25, 0.3) is 0 Å². The Morgan fingerprint density at radius 2 is 1.85 bits per heavy atom. The van der Waals surface area contributed by atoms with Crippen LogP contribution in [0, 0.1) is 34.5 Å². The molecule has 0 unspecified atom stereocenters. The smallest absolute Gasteiger partial charge is 0.331 e. The molecule has 4 saturated carbocycles. The summed E-state index contributed by atoms with van der Waals surface area (Å²) in [5.41, 5.74) is 0.998. The number of fused-ring (bicyclic) bond motifs is 5. The number of carbonyl (C=O) groups excluding carboxylic acids is 1. The fraction of sp³-hybridized carbons (Fsp3) is 0.839. The van der Waals surface area contributed by atoms with E-state index in [1.54, 1.807) is 13.0 Å². The van der Waals surface area contributed by atoms with Gasteiger partial charge in [0.25, 0.3) is 0 Å². The molecule has 218 valence electrons. The van der Waals surface area contributed by atoms with Gasteiger partial charge in [0, 0.05) is 24.5 Å². The van der Waals surface area contributed by atoms with Crippen molar-refractivity contribution in [1.29, 1.82) is 0 Å². The second-order valence-electron chi connectivity index (χ2n) is 13.8. The topological polar surface area (TPSA) is 115 Å². The van der Waals surface area contributed by atoms with Crippen LogP contribution in [-0.2, 0) is 23.7 Å². The molecule has 0 radical (unpaired) electrons. The van der Waals surface area contributed by atoms with Crippen LogP contribution in [0.5, 0.6) is 0 Å². The Hall–Kier alpha value is -1.29. The number of ether oxygens (including phenoxy) is 4. The predicted molar refractivity (Wildman–Crippen MR) is 142 cm³/mol. The minimum Gasteiger partial charge on any atom is -0.458 e. The van der Waals surface area contributed by atoms with E-state index >= 15 is 0 Å². The van der Waals surface area contributed by atoms with Crippen LogP contribution in [0.15, 0.2) is 23.8 Å². The monoisotopic (exact) mass is 546 g/mol. The van der Waals surface area contributed by atoms with Gasteiger partial charge in [0.05, 0.1) is 17.8 Å². The average molecular weight is 547 g/mol. The van der Waals surface area contributed by atoms with Gasteiger partial charge in [-0.3, -0.25) is 0 Å². The summed E-state index contributed by atoms with van der Waals surface area (Å²) in [5, 5.41) is 33.5. The molecule has 39 heavy (non-hydrogen) atoms. The minimum absolute atomic E-state index is 0.0345. The summed E-state index contributed by atoms with van der Waals surface area (Å²) >= 11 is 0. The Bertz CT molecular complexity index is 1040. The van der Waals surface area contributed by atoms with Crippen molar-refractivity contribution in [2.75, 3.05) is 13.7 Å². The molecule has 0 spiro atoms. The van der Waals surface area contributed by atoms with Gasteiger partial charge in [-0.2, -0.15) is 0 Å². The van der Waals surface area contributed by atoms with E-state index in [4.69, 9.17) is 18.9 Å². The molecular weight excluding hydrogens is 500 g/mol. The zero-order valence-corrected chi connectivity index (χ0v) is 23.8. The lowest BCUT2D eigenvalue weighted by Gasteiger charge is -2.56. The van der Waals surface area contributed by atoms with Gasteiger partial charge in [0.1, 0.15) is 24.9 Å². The number of esters is 1. The Morgan fingerprint density at radius 1 is 1.08 bits per heavy atom. The molecule has 6 aliphatic rings. The third kappa shape index (κ3) is 4.03. The molecule has 13 atom stereocenters. The van der Waals surface area contributed by atoms with Crippen molar-refractivity contribution in [2.45, 2.75) is 115 Å².